The van der Waals surface area contributed by atoms with Crippen LogP contribution in [0.3, 0.4) is 0 Å². The molecule has 1 aliphatic rings. The summed E-state index contributed by atoms with van der Waals surface area (Å²) in [6, 6.07) is 10.9. The van der Waals surface area contributed by atoms with E-state index in [0.717, 1.165) is 19.5 Å². The SMILES string of the molecule is CC(c1ccccc1)n1ncc2c1CCNC2. The Bertz CT molecular complexity index is 501. The smallest absolute Gasteiger partial charge is 0.0743 e. The van der Waals surface area contributed by atoms with E-state index in [2.05, 4.69) is 52.4 Å². The molecule has 0 amide bonds. The predicted molar refractivity (Wildman–Crippen MR) is 67.9 cm³/mol. The molecule has 0 fully saturated rings. The molecule has 3 rings (SSSR count). The molecule has 17 heavy (non-hydrogen) atoms. The first-order valence-electron chi connectivity index (χ1n) is 6.17. The van der Waals surface area contributed by atoms with E-state index in [0.29, 0.717) is 6.04 Å². The van der Waals surface area contributed by atoms with Crippen LogP contribution in [0.2, 0.25) is 0 Å². The maximum Gasteiger partial charge on any atom is 0.0743 e. The van der Waals surface area contributed by atoms with E-state index in [1.54, 1.807) is 0 Å². The summed E-state index contributed by atoms with van der Waals surface area (Å²) in [5.41, 5.74) is 4.05. The largest absolute Gasteiger partial charge is 0.312 e. The van der Waals surface area contributed by atoms with Crippen molar-refractivity contribution in [3.63, 3.8) is 0 Å². The zero-order valence-corrected chi connectivity index (χ0v) is 10.1. The van der Waals surface area contributed by atoms with Crippen LogP contribution < -0.4 is 5.32 Å². The number of fused-ring (bicyclic) bond motifs is 1. The van der Waals surface area contributed by atoms with Gasteiger partial charge in [0.15, 0.2) is 0 Å². The molecule has 0 radical (unpaired) electrons. The fourth-order valence-corrected chi connectivity index (χ4v) is 2.48. The highest BCUT2D eigenvalue weighted by Crippen LogP contribution is 2.22. The molecule has 0 saturated heterocycles. The molecule has 88 valence electrons. The molecule has 3 heteroatoms. The number of hydrogen-bond donors (Lipinski definition) is 1. The minimum Gasteiger partial charge on any atom is -0.312 e. The highest BCUT2D eigenvalue weighted by molar-refractivity contribution is 5.25. The molecule has 1 unspecified atom stereocenters. The lowest BCUT2D eigenvalue weighted by Crippen LogP contribution is -2.25. The second kappa shape index (κ2) is 4.34. The maximum atomic E-state index is 4.55. The van der Waals surface area contributed by atoms with Gasteiger partial charge >= 0.3 is 0 Å². The lowest BCUT2D eigenvalue weighted by atomic mass is 10.1. The van der Waals surface area contributed by atoms with Crippen molar-refractivity contribution >= 4 is 0 Å². The summed E-state index contributed by atoms with van der Waals surface area (Å²) in [5.74, 6) is 0. The van der Waals surface area contributed by atoms with Crippen molar-refractivity contribution in [2.45, 2.75) is 25.9 Å². The van der Waals surface area contributed by atoms with E-state index in [-0.39, 0.29) is 0 Å². The van der Waals surface area contributed by atoms with Crippen LogP contribution in [0.5, 0.6) is 0 Å². The lowest BCUT2D eigenvalue weighted by molar-refractivity contribution is 0.517. The fraction of sp³-hybridized carbons (Fsp3) is 0.357. The molecule has 1 aromatic heterocycles. The van der Waals surface area contributed by atoms with Crippen molar-refractivity contribution in [3.8, 4) is 0 Å². The number of nitrogens with zero attached hydrogens (tertiary/aromatic N) is 2. The molecule has 0 saturated carbocycles. The predicted octanol–water partition coefficient (Wildman–Crippen LogP) is 2.14. The van der Waals surface area contributed by atoms with E-state index in [4.69, 9.17) is 0 Å². The van der Waals surface area contributed by atoms with Gasteiger partial charge in [-0.05, 0) is 12.5 Å². The van der Waals surface area contributed by atoms with Crippen LogP contribution in [0.25, 0.3) is 0 Å². The molecule has 0 aliphatic carbocycles. The van der Waals surface area contributed by atoms with Crippen LogP contribution in [-0.4, -0.2) is 16.3 Å². The Kier molecular flexibility index (Phi) is 2.69. The first-order valence-corrected chi connectivity index (χ1v) is 6.17. The highest BCUT2D eigenvalue weighted by Gasteiger charge is 2.18. The van der Waals surface area contributed by atoms with Gasteiger partial charge in [0.25, 0.3) is 0 Å². The molecule has 1 aromatic carbocycles. The van der Waals surface area contributed by atoms with E-state index >= 15 is 0 Å². The summed E-state index contributed by atoms with van der Waals surface area (Å²) in [6.07, 6.45) is 3.08. The van der Waals surface area contributed by atoms with Gasteiger partial charge in [0, 0.05) is 30.8 Å². The zero-order chi connectivity index (χ0) is 11.7. The molecule has 3 nitrogen and oxygen atoms in total. The third-order valence-corrected chi connectivity index (χ3v) is 3.49. The highest BCUT2D eigenvalue weighted by atomic mass is 15.3. The van der Waals surface area contributed by atoms with Crippen molar-refractivity contribution in [1.82, 2.24) is 15.1 Å². The van der Waals surface area contributed by atoms with E-state index in [1.807, 2.05) is 6.20 Å². The Morgan fingerprint density at radius 2 is 2.12 bits per heavy atom. The molecule has 0 bridgehead atoms. The Hall–Kier alpha value is -1.61. The zero-order valence-electron chi connectivity index (χ0n) is 10.1. The summed E-state index contributed by atoms with van der Waals surface area (Å²) in [6.45, 7) is 4.22. The monoisotopic (exact) mass is 227 g/mol. The van der Waals surface area contributed by atoms with E-state index < -0.39 is 0 Å². The molecule has 0 spiro atoms. The summed E-state index contributed by atoms with van der Waals surface area (Å²) < 4.78 is 2.17. The van der Waals surface area contributed by atoms with Gasteiger partial charge in [0.05, 0.1) is 12.2 Å². The topological polar surface area (TPSA) is 29.9 Å². The number of nitrogens with one attached hydrogen (secondary N) is 1. The summed E-state index contributed by atoms with van der Waals surface area (Å²) in [5, 5.41) is 7.93. The van der Waals surface area contributed by atoms with Crippen LogP contribution in [-0.2, 0) is 13.0 Å². The van der Waals surface area contributed by atoms with E-state index in [9.17, 15) is 0 Å². The van der Waals surface area contributed by atoms with Crippen LogP contribution in [0.15, 0.2) is 36.5 Å². The molecule has 1 aliphatic heterocycles. The molecule has 1 atom stereocenters. The Morgan fingerprint density at radius 1 is 1.29 bits per heavy atom. The van der Waals surface area contributed by atoms with Crippen molar-refractivity contribution in [1.29, 1.82) is 0 Å². The van der Waals surface area contributed by atoms with Crippen LogP contribution >= 0.6 is 0 Å². The van der Waals surface area contributed by atoms with Gasteiger partial charge in [-0.2, -0.15) is 5.10 Å². The molecule has 2 aromatic rings. The minimum absolute atomic E-state index is 0.318. The van der Waals surface area contributed by atoms with E-state index in [1.165, 1.54) is 16.8 Å². The number of benzene rings is 1. The molecular formula is C14H17N3. The van der Waals surface area contributed by atoms with Gasteiger partial charge in [0.1, 0.15) is 0 Å². The van der Waals surface area contributed by atoms with Gasteiger partial charge in [0.2, 0.25) is 0 Å². The van der Waals surface area contributed by atoms with Gasteiger partial charge in [-0.3, -0.25) is 4.68 Å². The van der Waals surface area contributed by atoms with Gasteiger partial charge in [-0.15, -0.1) is 0 Å². The van der Waals surface area contributed by atoms with Crippen molar-refractivity contribution < 1.29 is 0 Å². The number of hydrogen-bond acceptors (Lipinski definition) is 2. The van der Waals surface area contributed by atoms with Crippen molar-refractivity contribution in [2.24, 2.45) is 0 Å². The average molecular weight is 227 g/mol. The van der Waals surface area contributed by atoms with Crippen LogP contribution in [0.4, 0.5) is 0 Å². The van der Waals surface area contributed by atoms with Crippen LogP contribution in [0, 0.1) is 0 Å². The first-order chi connectivity index (χ1) is 8.36. The Labute approximate surface area is 101 Å². The average Bonchev–Trinajstić information content (AvgIpc) is 2.83. The maximum absolute atomic E-state index is 4.55. The standard InChI is InChI=1S/C14H17N3/c1-11(12-5-3-2-4-6-12)17-14-7-8-15-9-13(14)10-16-17/h2-6,10-11,15H,7-9H2,1H3. The van der Waals surface area contributed by atoms with Crippen LogP contribution in [0.1, 0.15) is 29.8 Å². The third kappa shape index (κ3) is 1.87. The minimum atomic E-state index is 0.318. The third-order valence-electron chi connectivity index (χ3n) is 3.49. The summed E-state index contributed by atoms with van der Waals surface area (Å²) in [4.78, 5) is 0. The van der Waals surface area contributed by atoms with Gasteiger partial charge in [-0.1, -0.05) is 30.3 Å². The normalized spacial score (nSPS) is 16.5. The first kappa shape index (κ1) is 10.5. The number of rotatable bonds is 2. The summed E-state index contributed by atoms with van der Waals surface area (Å²) >= 11 is 0. The molecular weight excluding hydrogens is 210 g/mol. The fourth-order valence-electron chi connectivity index (χ4n) is 2.48. The lowest BCUT2D eigenvalue weighted by Gasteiger charge is -2.19. The van der Waals surface area contributed by atoms with Crippen molar-refractivity contribution in [3.05, 3.63) is 53.3 Å². The Morgan fingerprint density at radius 3 is 2.94 bits per heavy atom. The van der Waals surface area contributed by atoms with Gasteiger partial charge in [-0.25, -0.2) is 0 Å². The quantitative estimate of drug-likeness (QED) is 0.852. The number of aromatic nitrogens is 2. The molecule has 1 N–H and O–H groups in total. The van der Waals surface area contributed by atoms with Gasteiger partial charge < -0.3 is 5.32 Å². The van der Waals surface area contributed by atoms with Crippen molar-refractivity contribution in [2.75, 3.05) is 6.54 Å². The molecule has 2 heterocycles. The second-order valence-corrected chi connectivity index (χ2v) is 4.57. The second-order valence-electron chi connectivity index (χ2n) is 4.57. The summed E-state index contributed by atoms with van der Waals surface area (Å²) in [7, 11) is 0. The Balaban J connectivity index is 1.97.